The molecule has 2 aliphatic rings. The zero-order valence-electron chi connectivity index (χ0n) is 12.9. The molecule has 2 aromatic carbocycles. The summed E-state index contributed by atoms with van der Waals surface area (Å²) >= 11 is 0. The van der Waals surface area contributed by atoms with Gasteiger partial charge in [0.05, 0.1) is 4.90 Å². The first-order chi connectivity index (χ1) is 11.1. The maximum atomic E-state index is 12.5. The topological polar surface area (TPSA) is 40.6 Å². The van der Waals surface area contributed by atoms with Crippen molar-refractivity contribution in [3.8, 4) is 0 Å². The Balaban J connectivity index is 1.43. The molecule has 0 amide bonds. The minimum Gasteiger partial charge on any atom is -0.293 e. The Morgan fingerprint density at radius 1 is 0.870 bits per heavy atom. The molecule has 0 aromatic heterocycles. The molecule has 4 rings (SSSR count). The van der Waals surface area contributed by atoms with Crippen molar-refractivity contribution in [1.82, 2.24) is 9.21 Å². The molecule has 0 atom stereocenters. The van der Waals surface area contributed by atoms with E-state index in [1.54, 1.807) is 28.6 Å². The van der Waals surface area contributed by atoms with Crippen LogP contribution in [0.2, 0.25) is 0 Å². The van der Waals surface area contributed by atoms with Gasteiger partial charge in [-0.2, -0.15) is 4.31 Å². The quantitative estimate of drug-likeness (QED) is 0.866. The van der Waals surface area contributed by atoms with Crippen LogP contribution in [0.4, 0.5) is 0 Å². The van der Waals surface area contributed by atoms with Gasteiger partial charge in [-0.15, -0.1) is 0 Å². The number of hydrogen-bond acceptors (Lipinski definition) is 3. The van der Waals surface area contributed by atoms with E-state index in [0.29, 0.717) is 24.0 Å². The summed E-state index contributed by atoms with van der Waals surface area (Å²) in [6, 6.07) is 17.6. The van der Waals surface area contributed by atoms with Crippen LogP contribution in [0.25, 0.3) is 0 Å². The Labute approximate surface area is 137 Å². The minimum absolute atomic E-state index is 0.335. The number of benzene rings is 2. The highest BCUT2D eigenvalue weighted by Gasteiger charge is 2.40. The minimum atomic E-state index is -3.33. The summed E-state index contributed by atoms with van der Waals surface area (Å²) in [4.78, 5) is 2.81. The average molecular weight is 328 g/mol. The van der Waals surface area contributed by atoms with Gasteiger partial charge in [0.1, 0.15) is 0 Å². The van der Waals surface area contributed by atoms with Gasteiger partial charge in [0.15, 0.2) is 0 Å². The molecular formula is C18H20N2O2S. The van der Waals surface area contributed by atoms with Crippen molar-refractivity contribution >= 4 is 10.0 Å². The van der Waals surface area contributed by atoms with Crippen LogP contribution in [0.5, 0.6) is 0 Å². The van der Waals surface area contributed by atoms with Crippen molar-refractivity contribution in [2.45, 2.75) is 23.9 Å². The summed E-state index contributed by atoms with van der Waals surface area (Å²) in [6.45, 7) is 3.14. The Morgan fingerprint density at radius 3 is 2.26 bits per heavy atom. The van der Waals surface area contributed by atoms with Gasteiger partial charge < -0.3 is 0 Å². The van der Waals surface area contributed by atoms with E-state index in [2.05, 4.69) is 29.2 Å². The van der Waals surface area contributed by atoms with Gasteiger partial charge in [0.25, 0.3) is 0 Å². The molecule has 0 N–H and O–H groups in total. The van der Waals surface area contributed by atoms with E-state index in [1.165, 1.54) is 11.1 Å². The summed E-state index contributed by atoms with van der Waals surface area (Å²) in [7, 11) is -3.33. The highest BCUT2D eigenvalue weighted by atomic mass is 32.2. The van der Waals surface area contributed by atoms with Crippen LogP contribution >= 0.6 is 0 Å². The molecular weight excluding hydrogens is 308 g/mol. The normalized spacial score (nSPS) is 20.0. The van der Waals surface area contributed by atoms with Gasteiger partial charge in [-0.05, 0) is 29.7 Å². The number of fused-ring (bicyclic) bond motifs is 1. The van der Waals surface area contributed by atoms with Crippen molar-refractivity contribution in [2.75, 3.05) is 19.6 Å². The average Bonchev–Trinajstić information content (AvgIpc) is 2.54. The van der Waals surface area contributed by atoms with Gasteiger partial charge in [0, 0.05) is 32.2 Å². The fourth-order valence-electron chi connectivity index (χ4n) is 3.41. The third-order valence-corrected chi connectivity index (χ3v) is 6.73. The first kappa shape index (κ1) is 14.9. The second kappa shape index (κ2) is 5.74. The Bertz CT molecular complexity index is 799. The lowest BCUT2D eigenvalue weighted by atomic mass is 9.97. The molecule has 0 aliphatic carbocycles. The van der Waals surface area contributed by atoms with Gasteiger partial charge in [-0.25, -0.2) is 8.42 Å². The lowest BCUT2D eigenvalue weighted by molar-refractivity contribution is 0.0769. The SMILES string of the molecule is O=S(=O)(c1ccccc1)N1CC(N2CCc3ccccc3C2)C1. The first-order valence-electron chi connectivity index (χ1n) is 8.00. The maximum Gasteiger partial charge on any atom is 0.243 e. The van der Waals surface area contributed by atoms with E-state index < -0.39 is 10.0 Å². The molecule has 2 heterocycles. The molecule has 0 unspecified atom stereocenters. The predicted octanol–water partition coefficient (Wildman–Crippen LogP) is 2.12. The molecule has 0 radical (unpaired) electrons. The second-order valence-corrected chi connectivity index (χ2v) is 8.22. The molecule has 1 saturated heterocycles. The molecule has 0 bridgehead atoms. The van der Waals surface area contributed by atoms with Crippen molar-refractivity contribution < 1.29 is 8.42 Å². The Hall–Kier alpha value is -1.69. The fourth-order valence-corrected chi connectivity index (χ4v) is 4.95. The third-order valence-electron chi connectivity index (χ3n) is 4.89. The lowest BCUT2D eigenvalue weighted by Crippen LogP contribution is -2.61. The summed E-state index contributed by atoms with van der Waals surface area (Å²) in [5.41, 5.74) is 2.81. The monoisotopic (exact) mass is 328 g/mol. The molecule has 0 spiro atoms. The van der Waals surface area contributed by atoms with Crippen LogP contribution in [-0.4, -0.2) is 43.3 Å². The van der Waals surface area contributed by atoms with Crippen molar-refractivity contribution in [3.63, 3.8) is 0 Å². The van der Waals surface area contributed by atoms with E-state index in [0.717, 1.165) is 19.5 Å². The number of hydrogen-bond donors (Lipinski definition) is 0. The van der Waals surface area contributed by atoms with E-state index >= 15 is 0 Å². The van der Waals surface area contributed by atoms with Crippen LogP contribution < -0.4 is 0 Å². The second-order valence-electron chi connectivity index (χ2n) is 6.28. The Morgan fingerprint density at radius 2 is 1.52 bits per heavy atom. The van der Waals surface area contributed by atoms with Crippen LogP contribution in [0.15, 0.2) is 59.5 Å². The van der Waals surface area contributed by atoms with Gasteiger partial charge in [0.2, 0.25) is 10.0 Å². The van der Waals surface area contributed by atoms with E-state index in [4.69, 9.17) is 0 Å². The zero-order valence-corrected chi connectivity index (χ0v) is 13.7. The molecule has 5 heteroatoms. The van der Waals surface area contributed by atoms with E-state index in [-0.39, 0.29) is 0 Å². The largest absolute Gasteiger partial charge is 0.293 e. The molecule has 120 valence electrons. The van der Waals surface area contributed by atoms with Gasteiger partial charge in [-0.3, -0.25) is 4.90 Å². The van der Waals surface area contributed by atoms with Crippen LogP contribution in [-0.2, 0) is 23.0 Å². The maximum absolute atomic E-state index is 12.5. The van der Waals surface area contributed by atoms with Crippen molar-refractivity contribution in [3.05, 3.63) is 65.7 Å². The molecule has 1 fully saturated rings. The lowest BCUT2D eigenvalue weighted by Gasteiger charge is -2.46. The van der Waals surface area contributed by atoms with Crippen molar-refractivity contribution in [1.29, 1.82) is 0 Å². The standard InChI is InChI=1S/C18H20N2O2S/c21-23(22,18-8-2-1-3-9-18)20-13-17(14-20)19-11-10-15-6-4-5-7-16(15)12-19/h1-9,17H,10-14H2. The third kappa shape index (κ3) is 2.69. The smallest absolute Gasteiger partial charge is 0.243 e. The highest BCUT2D eigenvalue weighted by molar-refractivity contribution is 7.89. The first-order valence-corrected chi connectivity index (χ1v) is 9.44. The van der Waals surface area contributed by atoms with Crippen LogP contribution in [0, 0.1) is 0 Å². The number of rotatable bonds is 3. The molecule has 23 heavy (non-hydrogen) atoms. The molecule has 0 saturated carbocycles. The summed E-state index contributed by atoms with van der Waals surface area (Å²) in [5.74, 6) is 0. The number of nitrogens with zero attached hydrogens (tertiary/aromatic N) is 2. The Kier molecular flexibility index (Phi) is 3.71. The van der Waals surface area contributed by atoms with Gasteiger partial charge >= 0.3 is 0 Å². The fraction of sp³-hybridized carbons (Fsp3) is 0.333. The van der Waals surface area contributed by atoms with Crippen LogP contribution in [0.1, 0.15) is 11.1 Å². The van der Waals surface area contributed by atoms with Gasteiger partial charge in [-0.1, -0.05) is 42.5 Å². The van der Waals surface area contributed by atoms with Crippen LogP contribution in [0.3, 0.4) is 0 Å². The molecule has 2 aliphatic heterocycles. The van der Waals surface area contributed by atoms with E-state index in [1.807, 2.05) is 6.07 Å². The summed E-state index contributed by atoms with van der Waals surface area (Å²) < 4.78 is 26.7. The number of sulfonamides is 1. The molecule has 4 nitrogen and oxygen atoms in total. The zero-order chi connectivity index (χ0) is 15.9. The highest BCUT2D eigenvalue weighted by Crippen LogP contribution is 2.28. The predicted molar refractivity (Wildman–Crippen MR) is 89.5 cm³/mol. The molecule has 2 aromatic rings. The van der Waals surface area contributed by atoms with E-state index in [9.17, 15) is 8.42 Å². The van der Waals surface area contributed by atoms with Crippen molar-refractivity contribution in [2.24, 2.45) is 0 Å². The summed E-state index contributed by atoms with van der Waals surface area (Å²) in [5, 5.41) is 0. The summed E-state index contributed by atoms with van der Waals surface area (Å²) in [6.07, 6.45) is 1.05.